The van der Waals surface area contributed by atoms with Gasteiger partial charge in [0.25, 0.3) is 5.91 Å². The normalized spacial score (nSPS) is 10.7. The molecular formula is C22H17BrFN3O2. The molecule has 1 aromatic heterocycles. The summed E-state index contributed by atoms with van der Waals surface area (Å²) in [6, 6.07) is 14.9. The van der Waals surface area contributed by atoms with Crippen molar-refractivity contribution < 1.29 is 14.0 Å². The van der Waals surface area contributed by atoms with Gasteiger partial charge in [0.2, 0.25) is 5.91 Å². The number of benzene rings is 2. The molecule has 0 aliphatic heterocycles. The first kappa shape index (κ1) is 20.4. The lowest BCUT2D eigenvalue weighted by molar-refractivity contribution is -0.116. The number of anilines is 1. The van der Waals surface area contributed by atoms with Crippen molar-refractivity contribution in [3.8, 4) is 0 Å². The van der Waals surface area contributed by atoms with Gasteiger partial charge in [-0.1, -0.05) is 28.1 Å². The second-order valence-corrected chi connectivity index (χ2v) is 7.02. The third-order valence-electron chi connectivity index (χ3n) is 3.97. The fraction of sp³-hybridized carbons (Fsp3) is 0.0455. The summed E-state index contributed by atoms with van der Waals surface area (Å²) in [4.78, 5) is 28.1. The number of carbonyl (C=O) groups excluding carboxylic acids is 2. The molecule has 2 aromatic carbocycles. The van der Waals surface area contributed by atoms with E-state index in [1.165, 1.54) is 18.2 Å². The van der Waals surface area contributed by atoms with Crippen LogP contribution >= 0.6 is 15.9 Å². The van der Waals surface area contributed by atoms with Crippen molar-refractivity contribution in [2.45, 2.75) is 6.54 Å². The summed E-state index contributed by atoms with van der Waals surface area (Å²) in [5, 5.41) is 5.54. The number of amides is 2. The minimum atomic E-state index is -0.408. The maximum Gasteiger partial charge on any atom is 0.255 e. The summed E-state index contributed by atoms with van der Waals surface area (Å²) in [6.07, 6.45) is 5.80. The van der Waals surface area contributed by atoms with Crippen molar-refractivity contribution in [2.24, 2.45) is 0 Å². The monoisotopic (exact) mass is 453 g/mol. The van der Waals surface area contributed by atoms with Crippen LogP contribution in [0.2, 0.25) is 0 Å². The van der Waals surface area contributed by atoms with Gasteiger partial charge in [0, 0.05) is 46.3 Å². The minimum absolute atomic E-state index is 0.243. The Kier molecular flexibility index (Phi) is 6.86. The Morgan fingerprint density at radius 2 is 1.86 bits per heavy atom. The van der Waals surface area contributed by atoms with Crippen molar-refractivity contribution in [3.63, 3.8) is 0 Å². The molecule has 2 N–H and O–H groups in total. The lowest BCUT2D eigenvalue weighted by Gasteiger charge is -2.08. The van der Waals surface area contributed by atoms with Gasteiger partial charge in [-0.3, -0.25) is 14.6 Å². The molecule has 3 rings (SSSR count). The molecular weight excluding hydrogens is 437 g/mol. The van der Waals surface area contributed by atoms with Gasteiger partial charge in [0.05, 0.1) is 0 Å². The van der Waals surface area contributed by atoms with Crippen LogP contribution in [-0.2, 0) is 11.3 Å². The Bertz CT molecular complexity index is 1050. The van der Waals surface area contributed by atoms with E-state index in [1.807, 2.05) is 6.07 Å². The zero-order valence-corrected chi connectivity index (χ0v) is 16.8. The standard InChI is InChI=1S/C22H17BrFN3O2/c23-18-5-6-20(24)17(13-18)4-7-21(28)26-14-15-2-1-3-19(12-15)27-22(29)16-8-10-25-11-9-16/h1-13H,14H2,(H,26,28)(H,27,29)/b7-4+. The lowest BCUT2D eigenvalue weighted by Crippen LogP contribution is -2.20. The first-order valence-corrected chi connectivity index (χ1v) is 9.52. The van der Waals surface area contributed by atoms with E-state index in [-0.39, 0.29) is 18.4 Å². The molecule has 7 heteroatoms. The molecule has 0 atom stereocenters. The fourth-order valence-corrected chi connectivity index (χ4v) is 2.90. The van der Waals surface area contributed by atoms with Crippen molar-refractivity contribution in [1.29, 1.82) is 0 Å². The van der Waals surface area contributed by atoms with E-state index in [9.17, 15) is 14.0 Å². The molecule has 3 aromatic rings. The Balaban J connectivity index is 1.57. The van der Waals surface area contributed by atoms with Crippen LogP contribution in [0.1, 0.15) is 21.5 Å². The topological polar surface area (TPSA) is 71.1 Å². The van der Waals surface area contributed by atoms with Gasteiger partial charge in [-0.05, 0) is 54.1 Å². The van der Waals surface area contributed by atoms with E-state index >= 15 is 0 Å². The van der Waals surface area contributed by atoms with Crippen molar-refractivity contribution in [3.05, 3.63) is 100 Å². The van der Waals surface area contributed by atoms with Crippen LogP contribution < -0.4 is 10.6 Å². The van der Waals surface area contributed by atoms with Crippen LogP contribution in [0.4, 0.5) is 10.1 Å². The highest BCUT2D eigenvalue weighted by atomic mass is 79.9. The smallest absolute Gasteiger partial charge is 0.255 e. The van der Waals surface area contributed by atoms with Gasteiger partial charge in [-0.2, -0.15) is 0 Å². The quantitative estimate of drug-likeness (QED) is 0.537. The fourth-order valence-electron chi connectivity index (χ4n) is 2.52. The van der Waals surface area contributed by atoms with Crippen molar-refractivity contribution >= 4 is 39.5 Å². The van der Waals surface area contributed by atoms with E-state index in [0.717, 1.165) is 10.0 Å². The summed E-state index contributed by atoms with van der Waals surface area (Å²) in [6.45, 7) is 0.267. The largest absolute Gasteiger partial charge is 0.348 e. The Morgan fingerprint density at radius 1 is 1.07 bits per heavy atom. The van der Waals surface area contributed by atoms with E-state index in [1.54, 1.807) is 54.9 Å². The maximum atomic E-state index is 13.7. The van der Waals surface area contributed by atoms with E-state index < -0.39 is 5.82 Å². The van der Waals surface area contributed by atoms with E-state index in [0.29, 0.717) is 16.8 Å². The average molecular weight is 454 g/mol. The van der Waals surface area contributed by atoms with Crippen LogP contribution in [0, 0.1) is 5.82 Å². The number of halogens is 2. The molecule has 0 saturated heterocycles. The van der Waals surface area contributed by atoms with Crippen LogP contribution in [0.15, 0.2) is 77.5 Å². The third-order valence-corrected chi connectivity index (χ3v) is 4.46. The van der Waals surface area contributed by atoms with Gasteiger partial charge >= 0.3 is 0 Å². The molecule has 0 aliphatic carbocycles. The first-order valence-electron chi connectivity index (χ1n) is 8.72. The number of carbonyl (C=O) groups is 2. The van der Waals surface area contributed by atoms with Crippen LogP contribution in [0.5, 0.6) is 0 Å². The Morgan fingerprint density at radius 3 is 2.66 bits per heavy atom. The van der Waals surface area contributed by atoms with Crippen molar-refractivity contribution in [1.82, 2.24) is 10.3 Å². The molecule has 146 valence electrons. The molecule has 0 unspecified atom stereocenters. The third kappa shape index (κ3) is 6.08. The van der Waals surface area contributed by atoms with Gasteiger partial charge in [-0.15, -0.1) is 0 Å². The number of hydrogen-bond donors (Lipinski definition) is 2. The Hall–Kier alpha value is -3.32. The summed E-state index contributed by atoms with van der Waals surface area (Å²) in [5.74, 6) is -1.00. The number of rotatable bonds is 6. The molecule has 5 nitrogen and oxygen atoms in total. The SMILES string of the molecule is O=C(/C=C/c1cc(Br)ccc1F)NCc1cccc(NC(=O)c2ccncc2)c1. The van der Waals surface area contributed by atoms with Gasteiger partial charge in [-0.25, -0.2) is 4.39 Å². The maximum absolute atomic E-state index is 13.7. The number of aromatic nitrogens is 1. The molecule has 0 aliphatic rings. The zero-order chi connectivity index (χ0) is 20.6. The summed E-state index contributed by atoms with van der Waals surface area (Å²) in [7, 11) is 0. The van der Waals surface area contributed by atoms with Gasteiger partial charge < -0.3 is 10.6 Å². The predicted octanol–water partition coefficient (Wildman–Crippen LogP) is 4.57. The number of nitrogens with zero attached hydrogens (tertiary/aromatic N) is 1. The van der Waals surface area contributed by atoms with Gasteiger partial charge in [0.15, 0.2) is 0 Å². The predicted molar refractivity (Wildman–Crippen MR) is 114 cm³/mol. The highest BCUT2D eigenvalue weighted by Crippen LogP contribution is 2.17. The van der Waals surface area contributed by atoms with Crippen LogP contribution in [-0.4, -0.2) is 16.8 Å². The summed E-state index contributed by atoms with van der Waals surface area (Å²) in [5.41, 5.74) is 2.25. The summed E-state index contributed by atoms with van der Waals surface area (Å²) >= 11 is 3.27. The highest BCUT2D eigenvalue weighted by Gasteiger charge is 2.06. The van der Waals surface area contributed by atoms with E-state index in [2.05, 4.69) is 31.5 Å². The van der Waals surface area contributed by atoms with Crippen LogP contribution in [0.3, 0.4) is 0 Å². The first-order chi connectivity index (χ1) is 14.0. The summed E-state index contributed by atoms with van der Waals surface area (Å²) < 4.78 is 14.4. The molecule has 0 fully saturated rings. The second-order valence-electron chi connectivity index (χ2n) is 6.11. The molecule has 0 radical (unpaired) electrons. The lowest BCUT2D eigenvalue weighted by atomic mass is 10.1. The average Bonchev–Trinajstić information content (AvgIpc) is 2.74. The molecule has 2 amide bonds. The van der Waals surface area contributed by atoms with Gasteiger partial charge in [0.1, 0.15) is 5.82 Å². The van der Waals surface area contributed by atoms with E-state index in [4.69, 9.17) is 0 Å². The molecule has 0 saturated carbocycles. The second kappa shape index (κ2) is 9.75. The number of nitrogens with one attached hydrogen (secondary N) is 2. The molecule has 1 heterocycles. The molecule has 0 spiro atoms. The number of hydrogen-bond acceptors (Lipinski definition) is 3. The van der Waals surface area contributed by atoms with Crippen LogP contribution in [0.25, 0.3) is 6.08 Å². The minimum Gasteiger partial charge on any atom is -0.348 e. The zero-order valence-electron chi connectivity index (χ0n) is 15.2. The molecule has 29 heavy (non-hydrogen) atoms. The Labute approximate surface area is 175 Å². The highest BCUT2D eigenvalue weighted by molar-refractivity contribution is 9.10. The number of pyridine rings is 1. The molecule has 0 bridgehead atoms. The van der Waals surface area contributed by atoms with Crippen molar-refractivity contribution in [2.75, 3.05) is 5.32 Å².